The molecule has 2 fully saturated rings. The number of methoxy groups -OCH3 is 1. The summed E-state index contributed by atoms with van der Waals surface area (Å²) in [6.07, 6.45) is 1.22. The minimum Gasteiger partial charge on any atom is -0.496 e. The Kier molecular flexibility index (Phi) is 5.99. The zero-order chi connectivity index (χ0) is 19.6. The third-order valence-corrected chi connectivity index (χ3v) is 5.74. The summed E-state index contributed by atoms with van der Waals surface area (Å²) in [6.45, 7) is 3.86. The number of hydrogen-bond donors (Lipinski definition) is 1. The molecule has 3 rings (SSSR count). The molecule has 1 heterocycles. The van der Waals surface area contributed by atoms with Crippen LogP contribution in [0.15, 0.2) is 12.1 Å². The number of likely N-dealkylation sites (tertiary alicyclic amines) is 1. The standard InChI is InChI=1S/C20H27F3N2O2/c1-3-13-11-14(20(21,22)23)12-17(27-2)18(13)19(26)24-15-7-6-8-16(15)25-9-4-5-10-25/h11-12,15-16H,3-10H2,1-2H3,(H,24,26). The predicted octanol–water partition coefficient (Wildman–Crippen LogP) is 4.02. The van der Waals surface area contributed by atoms with Crippen LogP contribution in [0.2, 0.25) is 0 Å². The maximum absolute atomic E-state index is 13.1. The SMILES string of the molecule is CCc1cc(C(F)(F)F)cc(OC)c1C(=O)NC1CCCC1N1CCCC1. The number of benzene rings is 1. The fourth-order valence-electron chi connectivity index (χ4n) is 4.39. The molecule has 1 amide bonds. The zero-order valence-corrected chi connectivity index (χ0v) is 15.9. The summed E-state index contributed by atoms with van der Waals surface area (Å²) < 4.78 is 44.6. The zero-order valence-electron chi connectivity index (χ0n) is 15.9. The van der Waals surface area contributed by atoms with E-state index in [1.165, 1.54) is 20.0 Å². The molecule has 1 saturated heterocycles. The van der Waals surface area contributed by atoms with E-state index < -0.39 is 11.7 Å². The van der Waals surface area contributed by atoms with Crippen LogP contribution in [-0.2, 0) is 12.6 Å². The van der Waals surface area contributed by atoms with Crippen LogP contribution >= 0.6 is 0 Å². The number of nitrogens with one attached hydrogen (secondary N) is 1. The third kappa shape index (κ3) is 4.23. The van der Waals surface area contributed by atoms with Gasteiger partial charge in [0.1, 0.15) is 5.75 Å². The van der Waals surface area contributed by atoms with E-state index in [-0.39, 0.29) is 23.3 Å². The van der Waals surface area contributed by atoms with Gasteiger partial charge in [-0.05, 0) is 69.3 Å². The first-order valence-corrected chi connectivity index (χ1v) is 9.68. The van der Waals surface area contributed by atoms with E-state index in [0.29, 0.717) is 18.0 Å². The molecule has 2 unspecified atom stereocenters. The molecular weight excluding hydrogens is 357 g/mol. The highest BCUT2D eigenvalue weighted by Gasteiger charge is 2.36. The van der Waals surface area contributed by atoms with Crippen molar-refractivity contribution in [2.24, 2.45) is 0 Å². The molecule has 1 aliphatic heterocycles. The average molecular weight is 384 g/mol. The van der Waals surface area contributed by atoms with Gasteiger partial charge >= 0.3 is 6.18 Å². The van der Waals surface area contributed by atoms with Crippen LogP contribution in [0.25, 0.3) is 0 Å². The normalized spacial score (nSPS) is 23.6. The van der Waals surface area contributed by atoms with E-state index >= 15 is 0 Å². The average Bonchev–Trinajstić information content (AvgIpc) is 3.30. The summed E-state index contributed by atoms with van der Waals surface area (Å²) in [6, 6.07) is 2.33. The summed E-state index contributed by atoms with van der Waals surface area (Å²) >= 11 is 0. The first kappa shape index (κ1) is 20.0. The Hall–Kier alpha value is -1.76. The van der Waals surface area contributed by atoms with Crippen molar-refractivity contribution in [1.29, 1.82) is 0 Å². The number of amides is 1. The summed E-state index contributed by atoms with van der Waals surface area (Å²) in [5.74, 6) is -0.358. The number of aryl methyl sites for hydroxylation is 1. The van der Waals surface area contributed by atoms with Gasteiger partial charge in [0.05, 0.1) is 18.2 Å². The van der Waals surface area contributed by atoms with Gasteiger partial charge in [0.15, 0.2) is 0 Å². The number of rotatable bonds is 5. The molecule has 4 nitrogen and oxygen atoms in total. The van der Waals surface area contributed by atoms with E-state index in [1.54, 1.807) is 6.92 Å². The first-order valence-electron chi connectivity index (χ1n) is 9.68. The second-order valence-corrected chi connectivity index (χ2v) is 7.39. The number of alkyl halides is 3. The summed E-state index contributed by atoms with van der Waals surface area (Å²) in [4.78, 5) is 15.4. The predicted molar refractivity (Wildman–Crippen MR) is 97.1 cm³/mol. The van der Waals surface area contributed by atoms with E-state index in [1.807, 2.05) is 0 Å². The lowest BCUT2D eigenvalue weighted by Crippen LogP contribution is -2.48. The molecule has 0 radical (unpaired) electrons. The molecule has 0 aromatic heterocycles. The molecule has 1 N–H and O–H groups in total. The van der Waals surface area contributed by atoms with Crippen molar-refractivity contribution in [3.05, 3.63) is 28.8 Å². The minimum absolute atomic E-state index is 0.0186. The Balaban J connectivity index is 1.85. The van der Waals surface area contributed by atoms with Crippen molar-refractivity contribution < 1.29 is 22.7 Å². The molecule has 0 bridgehead atoms. The summed E-state index contributed by atoms with van der Waals surface area (Å²) in [5, 5.41) is 3.09. The van der Waals surface area contributed by atoms with Gasteiger partial charge in [-0.15, -0.1) is 0 Å². The van der Waals surface area contributed by atoms with Gasteiger partial charge in [-0.25, -0.2) is 0 Å². The second kappa shape index (κ2) is 8.09. The van der Waals surface area contributed by atoms with Crippen molar-refractivity contribution in [2.75, 3.05) is 20.2 Å². The van der Waals surface area contributed by atoms with E-state index in [2.05, 4.69) is 10.2 Å². The maximum Gasteiger partial charge on any atom is 0.416 e. The molecule has 1 aliphatic carbocycles. The lowest BCUT2D eigenvalue weighted by molar-refractivity contribution is -0.137. The number of carbonyl (C=O) groups excluding carboxylic acids is 1. The van der Waals surface area contributed by atoms with Crippen molar-refractivity contribution >= 4 is 5.91 Å². The van der Waals surface area contributed by atoms with Crippen LogP contribution in [-0.4, -0.2) is 43.1 Å². The van der Waals surface area contributed by atoms with Gasteiger partial charge in [-0.3, -0.25) is 9.69 Å². The number of hydrogen-bond acceptors (Lipinski definition) is 3. The lowest BCUT2D eigenvalue weighted by Gasteiger charge is -2.30. The first-order chi connectivity index (χ1) is 12.8. The molecule has 0 spiro atoms. The number of halogens is 3. The lowest BCUT2D eigenvalue weighted by atomic mass is 9.98. The maximum atomic E-state index is 13.1. The third-order valence-electron chi connectivity index (χ3n) is 5.74. The van der Waals surface area contributed by atoms with Gasteiger partial charge in [0.25, 0.3) is 5.91 Å². The number of carbonyl (C=O) groups is 1. The van der Waals surface area contributed by atoms with Gasteiger partial charge < -0.3 is 10.1 Å². The highest BCUT2D eigenvalue weighted by molar-refractivity contribution is 5.99. The highest BCUT2D eigenvalue weighted by Crippen LogP contribution is 2.36. The van der Waals surface area contributed by atoms with E-state index in [4.69, 9.17) is 4.74 Å². The largest absolute Gasteiger partial charge is 0.496 e. The summed E-state index contributed by atoms with van der Waals surface area (Å²) in [7, 11) is 1.30. The van der Waals surface area contributed by atoms with Crippen molar-refractivity contribution in [3.8, 4) is 5.75 Å². The van der Waals surface area contributed by atoms with Crippen LogP contribution in [0, 0.1) is 0 Å². The minimum atomic E-state index is -4.47. The molecule has 2 atom stereocenters. The topological polar surface area (TPSA) is 41.6 Å². The van der Waals surface area contributed by atoms with Crippen LogP contribution in [0.5, 0.6) is 5.75 Å². The second-order valence-electron chi connectivity index (χ2n) is 7.39. The Morgan fingerprint density at radius 1 is 1.22 bits per heavy atom. The van der Waals surface area contributed by atoms with E-state index in [9.17, 15) is 18.0 Å². The van der Waals surface area contributed by atoms with Gasteiger partial charge in [0, 0.05) is 12.1 Å². The monoisotopic (exact) mass is 384 g/mol. The quantitative estimate of drug-likeness (QED) is 0.834. The molecule has 1 aromatic carbocycles. The van der Waals surface area contributed by atoms with Crippen LogP contribution in [0.3, 0.4) is 0 Å². The Bertz CT molecular complexity index is 659. The van der Waals surface area contributed by atoms with E-state index in [0.717, 1.165) is 44.5 Å². The summed E-state index contributed by atoms with van der Waals surface area (Å²) in [5.41, 5.74) is -0.210. The molecule has 7 heteroatoms. The van der Waals surface area contributed by atoms with Crippen molar-refractivity contribution in [1.82, 2.24) is 10.2 Å². The van der Waals surface area contributed by atoms with Crippen LogP contribution < -0.4 is 10.1 Å². The molecule has 150 valence electrons. The van der Waals surface area contributed by atoms with Crippen LogP contribution in [0.4, 0.5) is 13.2 Å². The van der Waals surface area contributed by atoms with Crippen molar-refractivity contribution in [2.45, 2.75) is 63.7 Å². The highest BCUT2D eigenvalue weighted by atomic mass is 19.4. The van der Waals surface area contributed by atoms with Gasteiger partial charge in [-0.1, -0.05) is 6.92 Å². The molecule has 1 saturated carbocycles. The Morgan fingerprint density at radius 3 is 2.52 bits per heavy atom. The van der Waals surface area contributed by atoms with Gasteiger partial charge in [-0.2, -0.15) is 13.2 Å². The molecule has 27 heavy (non-hydrogen) atoms. The molecule has 1 aromatic rings. The number of nitrogens with zero attached hydrogens (tertiary/aromatic N) is 1. The van der Waals surface area contributed by atoms with Crippen molar-refractivity contribution in [3.63, 3.8) is 0 Å². The fraction of sp³-hybridized carbons (Fsp3) is 0.650. The van der Waals surface area contributed by atoms with Gasteiger partial charge in [0.2, 0.25) is 0 Å². The molecule has 2 aliphatic rings. The molecular formula is C20H27F3N2O2. The number of ether oxygens (including phenoxy) is 1. The smallest absolute Gasteiger partial charge is 0.416 e. The fourth-order valence-corrected chi connectivity index (χ4v) is 4.39. The Labute approximate surface area is 158 Å². The Morgan fingerprint density at radius 2 is 1.93 bits per heavy atom. The van der Waals surface area contributed by atoms with Crippen LogP contribution in [0.1, 0.15) is 60.5 Å².